The molecule has 0 aliphatic carbocycles. The number of hydrogen-bond acceptors (Lipinski definition) is 3. The molecule has 1 aromatic carbocycles. The molecule has 2 aliphatic heterocycles. The van der Waals surface area contributed by atoms with Crippen molar-refractivity contribution in [3.63, 3.8) is 0 Å². The second kappa shape index (κ2) is 5.66. The van der Waals surface area contributed by atoms with Gasteiger partial charge in [0, 0.05) is 31.6 Å². The van der Waals surface area contributed by atoms with E-state index in [9.17, 15) is 4.79 Å². The van der Waals surface area contributed by atoms with Crippen LogP contribution in [0.5, 0.6) is 0 Å². The first-order chi connectivity index (χ1) is 10.1. The average Bonchev–Trinajstić information content (AvgIpc) is 2.92. The van der Waals surface area contributed by atoms with Crippen LogP contribution in [0.15, 0.2) is 18.2 Å². The van der Waals surface area contributed by atoms with Gasteiger partial charge in [0.2, 0.25) is 0 Å². The molecule has 2 fully saturated rings. The van der Waals surface area contributed by atoms with E-state index in [1.54, 1.807) is 0 Å². The normalized spacial score (nSPS) is 20.8. The summed E-state index contributed by atoms with van der Waals surface area (Å²) in [5, 5.41) is 3.01. The lowest BCUT2D eigenvalue weighted by Gasteiger charge is -2.37. The Morgan fingerprint density at radius 2 is 1.86 bits per heavy atom. The zero-order valence-electron chi connectivity index (χ0n) is 12.6. The van der Waals surface area contributed by atoms with Crippen LogP contribution < -0.4 is 5.32 Å². The van der Waals surface area contributed by atoms with Crippen molar-refractivity contribution in [2.24, 2.45) is 0 Å². The number of urea groups is 1. The van der Waals surface area contributed by atoms with Gasteiger partial charge in [0.25, 0.3) is 0 Å². The van der Waals surface area contributed by atoms with Crippen LogP contribution in [0, 0.1) is 13.8 Å². The predicted molar refractivity (Wildman–Crippen MR) is 80.4 cm³/mol. The zero-order valence-corrected chi connectivity index (χ0v) is 12.6. The topological polar surface area (TPSA) is 50.8 Å². The van der Waals surface area contributed by atoms with E-state index in [1.807, 2.05) is 36.9 Å². The average molecular weight is 290 g/mol. The first-order valence-corrected chi connectivity index (χ1v) is 7.49. The Balaban J connectivity index is 1.60. The molecule has 2 heterocycles. The van der Waals surface area contributed by atoms with Gasteiger partial charge in [0.05, 0.1) is 13.2 Å². The maximum atomic E-state index is 12.4. The number of hydrogen-bond donors (Lipinski definition) is 1. The molecule has 0 radical (unpaired) electrons. The van der Waals surface area contributed by atoms with Crippen LogP contribution in [0.2, 0.25) is 0 Å². The summed E-state index contributed by atoms with van der Waals surface area (Å²) in [5.74, 6) is -0.434. The SMILES string of the molecule is Cc1ccc(C)c(NC(=O)N2CCC3(CC2)OCCO3)c1. The van der Waals surface area contributed by atoms with Crippen molar-refractivity contribution < 1.29 is 14.3 Å². The highest BCUT2D eigenvalue weighted by Crippen LogP contribution is 2.31. The van der Waals surface area contributed by atoms with Crippen LogP contribution in [0.25, 0.3) is 0 Å². The van der Waals surface area contributed by atoms with Crippen molar-refractivity contribution in [2.45, 2.75) is 32.5 Å². The number of nitrogens with one attached hydrogen (secondary N) is 1. The Morgan fingerprint density at radius 1 is 1.19 bits per heavy atom. The number of piperidine rings is 1. The monoisotopic (exact) mass is 290 g/mol. The summed E-state index contributed by atoms with van der Waals surface area (Å²) in [7, 11) is 0. The summed E-state index contributed by atoms with van der Waals surface area (Å²) in [4.78, 5) is 14.2. The summed E-state index contributed by atoms with van der Waals surface area (Å²) in [5.41, 5.74) is 3.10. The molecule has 2 aliphatic rings. The second-order valence-electron chi connectivity index (χ2n) is 5.84. The first-order valence-electron chi connectivity index (χ1n) is 7.49. The summed E-state index contributed by atoms with van der Waals surface area (Å²) < 4.78 is 11.4. The van der Waals surface area contributed by atoms with Crippen LogP contribution in [-0.4, -0.2) is 43.0 Å². The molecule has 0 saturated carbocycles. The molecular formula is C16H22N2O3. The third kappa shape index (κ3) is 3.04. The van der Waals surface area contributed by atoms with Crippen molar-refractivity contribution in [1.29, 1.82) is 0 Å². The third-order valence-corrected chi connectivity index (χ3v) is 4.26. The van der Waals surface area contributed by atoms with Gasteiger partial charge < -0.3 is 19.7 Å². The van der Waals surface area contributed by atoms with Gasteiger partial charge in [0.15, 0.2) is 5.79 Å². The molecule has 1 aromatic rings. The molecule has 2 saturated heterocycles. The number of rotatable bonds is 1. The number of anilines is 1. The second-order valence-corrected chi connectivity index (χ2v) is 5.84. The Morgan fingerprint density at radius 3 is 2.52 bits per heavy atom. The van der Waals surface area contributed by atoms with Crippen LogP contribution in [0.3, 0.4) is 0 Å². The van der Waals surface area contributed by atoms with E-state index in [0.29, 0.717) is 26.3 Å². The van der Waals surface area contributed by atoms with Crippen molar-refractivity contribution in [1.82, 2.24) is 4.90 Å². The lowest BCUT2D eigenvalue weighted by Crippen LogP contribution is -2.48. The Hall–Kier alpha value is -1.59. The van der Waals surface area contributed by atoms with E-state index >= 15 is 0 Å². The number of ether oxygens (including phenoxy) is 2. The standard InChI is InChI=1S/C16H22N2O3/c1-12-3-4-13(2)14(11-12)17-15(19)18-7-5-16(6-8-18)20-9-10-21-16/h3-4,11H,5-10H2,1-2H3,(H,17,19). The molecule has 0 unspecified atom stereocenters. The molecule has 1 N–H and O–H groups in total. The van der Waals surface area contributed by atoms with Gasteiger partial charge in [-0.15, -0.1) is 0 Å². The minimum Gasteiger partial charge on any atom is -0.347 e. The third-order valence-electron chi connectivity index (χ3n) is 4.26. The van der Waals surface area contributed by atoms with Gasteiger partial charge in [-0.3, -0.25) is 0 Å². The molecule has 5 nitrogen and oxygen atoms in total. The van der Waals surface area contributed by atoms with Gasteiger partial charge >= 0.3 is 6.03 Å². The van der Waals surface area contributed by atoms with Crippen LogP contribution in [0.4, 0.5) is 10.5 Å². The fourth-order valence-electron chi connectivity index (χ4n) is 2.90. The van der Waals surface area contributed by atoms with Crippen LogP contribution in [-0.2, 0) is 9.47 Å². The summed E-state index contributed by atoms with van der Waals surface area (Å²) in [6, 6.07) is 6.03. The maximum Gasteiger partial charge on any atom is 0.321 e. The van der Waals surface area contributed by atoms with Crippen molar-refractivity contribution >= 4 is 11.7 Å². The molecule has 2 amide bonds. The van der Waals surface area contributed by atoms with Gasteiger partial charge in [0.1, 0.15) is 0 Å². The fourth-order valence-corrected chi connectivity index (χ4v) is 2.90. The van der Waals surface area contributed by atoms with Crippen LogP contribution >= 0.6 is 0 Å². The minimum absolute atomic E-state index is 0.0449. The van der Waals surface area contributed by atoms with Crippen molar-refractivity contribution in [3.8, 4) is 0 Å². The smallest absolute Gasteiger partial charge is 0.321 e. The minimum atomic E-state index is -0.434. The molecule has 1 spiro atoms. The maximum absolute atomic E-state index is 12.4. The van der Waals surface area contributed by atoms with Gasteiger partial charge in [-0.25, -0.2) is 4.79 Å². The van der Waals surface area contributed by atoms with Gasteiger partial charge in [-0.05, 0) is 31.0 Å². The summed E-state index contributed by atoms with van der Waals surface area (Å²) in [6.07, 6.45) is 1.49. The number of likely N-dealkylation sites (tertiary alicyclic amines) is 1. The van der Waals surface area contributed by atoms with E-state index in [1.165, 1.54) is 0 Å². The number of carbonyl (C=O) groups is 1. The number of amides is 2. The van der Waals surface area contributed by atoms with E-state index < -0.39 is 5.79 Å². The van der Waals surface area contributed by atoms with Crippen LogP contribution in [0.1, 0.15) is 24.0 Å². The van der Waals surface area contributed by atoms with Crippen molar-refractivity contribution in [2.75, 3.05) is 31.6 Å². The molecule has 114 valence electrons. The quantitative estimate of drug-likeness (QED) is 0.865. The number of nitrogens with zero attached hydrogens (tertiary/aromatic N) is 1. The van der Waals surface area contributed by atoms with E-state index in [2.05, 4.69) is 5.32 Å². The lowest BCUT2D eigenvalue weighted by atomic mass is 10.0. The molecule has 0 atom stereocenters. The molecule has 3 rings (SSSR count). The Kier molecular flexibility index (Phi) is 3.87. The van der Waals surface area contributed by atoms with E-state index in [-0.39, 0.29) is 6.03 Å². The zero-order chi connectivity index (χ0) is 14.9. The number of aryl methyl sites for hydroxylation is 2. The highest BCUT2D eigenvalue weighted by molar-refractivity contribution is 5.90. The molecule has 0 bridgehead atoms. The molecule has 21 heavy (non-hydrogen) atoms. The van der Waals surface area contributed by atoms with Gasteiger partial charge in [-0.2, -0.15) is 0 Å². The van der Waals surface area contributed by atoms with E-state index in [0.717, 1.165) is 29.7 Å². The highest BCUT2D eigenvalue weighted by atomic mass is 16.7. The summed E-state index contributed by atoms with van der Waals surface area (Å²) >= 11 is 0. The largest absolute Gasteiger partial charge is 0.347 e. The van der Waals surface area contributed by atoms with Crippen molar-refractivity contribution in [3.05, 3.63) is 29.3 Å². The highest BCUT2D eigenvalue weighted by Gasteiger charge is 2.40. The Labute approximate surface area is 125 Å². The number of benzene rings is 1. The lowest BCUT2D eigenvalue weighted by molar-refractivity contribution is -0.181. The Bertz CT molecular complexity index is 528. The summed E-state index contributed by atoms with van der Waals surface area (Å²) in [6.45, 7) is 6.67. The molecule has 0 aromatic heterocycles. The van der Waals surface area contributed by atoms with Gasteiger partial charge in [-0.1, -0.05) is 12.1 Å². The first kappa shape index (κ1) is 14.4. The predicted octanol–water partition coefficient (Wildman–Crippen LogP) is 2.67. The number of carbonyl (C=O) groups excluding carboxylic acids is 1. The van der Waals surface area contributed by atoms with E-state index in [4.69, 9.17) is 9.47 Å². The molecule has 5 heteroatoms. The fraction of sp³-hybridized carbons (Fsp3) is 0.562. The molecular weight excluding hydrogens is 268 g/mol.